The van der Waals surface area contributed by atoms with Crippen LogP contribution in [0.4, 0.5) is 5.82 Å². The van der Waals surface area contributed by atoms with Crippen LogP contribution < -0.4 is 4.90 Å². The van der Waals surface area contributed by atoms with E-state index in [1.54, 1.807) is 0 Å². The van der Waals surface area contributed by atoms with E-state index in [0.717, 1.165) is 30.3 Å². The molecule has 1 saturated heterocycles. The molecule has 19 heavy (non-hydrogen) atoms. The summed E-state index contributed by atoms with van der Waals surface area (Å²) in [6, 6.07) is 10.0. The lowest BCUT2D eigenvalue weighted by atomic mass is 10.3. The zero-order chi connectivity index (χ0) is 13.4. The summed E-state index contributed by atoms with van der Waals surface area (Å²) >= 11 is 6.27. The topological polar surface area (TPSA) is 41.3 Å². The van der Waals surface area contributed by atoms with Gasteiger partial charge in [0.1, 0.15) is 5.82 Å². The van der Waals surface area contributed by atoms with E-state index in [0.29, 0.717) is 11.7 Å². The fourth-order valence-electron chi connectivity index (χ4n) is 2.58. The van der Waals surface area contributed by atoms with Crippen molar-refractivity contribution < 1.29 is 5.11 Å². The van der Waals surface area contributed by atoms with Crippen molar-refractivity contribution >= 4 is 17.4 Å². The van der Waals surface area contributed by atoms with Crippen molar-refractivity contribution in [1.82, 2.24) is 9.55 Å². The fraction of sp³-hybridized carbons (Fsp3) is 0.357. The Balaban J connectivity index is 2.09. The van der Waals surface area contributed by atoms with Gasteiger partial charge in [-0.2, -0.15) is 0 Å². The summed E-state index contributed by atoms with van der Waals surface area (Å²) in [6.07, 6.45) is 0.491. The van der Waals surface area contributed by atoms with Crippen molar-refractivity contribution in [2.45, 2.75) is 19.4 Å². The molecule has 0 bridgehead atoms. The Bertz CT molecular complexity index is 582. The van der Waals surface area contributed by atoms with Gasteiger partial charge < -0.3 is 10.0 Å². The third kappa shape index (κ3) is 2.22. The molecule has 4 nitrogen and oxygen atoms in total. The van der Waals surface area contributed by atoms with Gasteiger partial charge in [0, 0.05) is 18.8 Å². The van der Waals surface area contributed by atoms with E-state index in [2.05, 4.69) is 9.88 Å². The molecule has 1 N–H and O–H groups in total. The molecule has 0 radical (unpaired) electrons. The molecule has 0 aliphatic carbocycles. The van der Waals surface area contributed by atoms with Crippen LogP contribution in [0.15, 0.2) is 30.3 Å². The lowest BCUT2D eigenvalue weighted by molar-refractivity contribution is 0.198. The van der Waals surface area contributed by atoms with E-state index in [9.17, 15) is 5.11 Å². The molecular weight excluding hydrogens is 262 g/mol. The highest BCUT2D eigenvalue weighted by molar-refractivity contribution is 6.32. The number of aliphatic hydroxyl groups excluding tert-OH is 1. The minimum absolute atomic E-state index is 0.282. The van der Waals surface area contributed by atoms with Crippen LogP contribution in [0.25, 0.3) is 5.69 Å². The van der Waals surface area contributed by atoms with Crippen LogP contribution in [0.2, 0.25) is 5.15 Å². The Labute approximate surface area is 117 Å². The highest BCUT2D eigenvalue weighted by atomic mass is 35.5. The van der Waals surface area contributed by atoms with Crippen LogP contribution in [0.5, 0.6) is 0 Å². The maximum Gasteiger partial charge on any atom is 0.172 e. The standard InChI is InChI=1S/C14H16ClN3O/c1-10-16-13(15)14(17-8-7-12(19)9-17)18(10)11-5-3-2-4-6-11/h2-6,12,19H,7-9H2,1H3. The van der Waals surface area contributed by atoms with Gasteiger partial charge >= 0.3 is 0 Å². The van der Waals surface area contributed by atoms with Crippen molar-refractivity contribution in [2.75, 3.05) is 18.0 Å². The summed E-state index contributed by atoms with van der Waals surface area (Å²) in [5, 5.41) is 10.2. The Morgan fingerprint density at radius 2 is 2.05 bits per heavy atom. The molecule has 1 aromatic heterocycles. The quantitative estimate of drug-likeness (QED) is 0.916. The van der Waals surface area contributed by atoms with Gasteiger partial charge in [-0.1, -0.05) is 29.8 Å². The molecule has 1 unspecified atom stereocenters. The lowest BCUT2D eigenvalue weighted by Gasteiger charge is -2.20. The number of hydrogen-bond donors (Lipinski definition) is 1. The van der Waals surface area contributed by atoms with Gasteiger partial charge in [-0.15, -0.1) is 0 Å². The van der Waals surface area contributed by atoms with Gasteiger partial charge in [0.2, 0.25) is 0 Å². The number of benzene rings is 1. The number of nitrogens with zero attached hydrogens (tertiary/aromatic N) is 3. The number of hydrogen-bond acceptors (Lipinski definition) is 3. The molecule has 0 spiro atoms. The first-order chi connectivity index (χ1) is 9.16. The molecule has 0 saturated carbocycles. The van der Waals surface area contributed by atoms with Crippen LogP contribution in [0.1, 0.15) is 12.2 Å². The van der Waals surface area contributed by atoms with Gasteiger partial charge in [-0.3, -0.25) is 4.57 Å². The number of aryl methyl sites for hydroxylation is 1. The smallest absolute Gasteiger partial charge is 0.172 e. The van der Waals surface area contributed by atoms with E-state index >= 15 is 0 Å². The van der Waals surface area contributed by atoms with Crippen LogP contribution in [-0.2, 0) is 0 Å². The largest absolute Gasteiger partial charge is 0.391 e. The number of halogens is 1. The number of para-hydroxylation sites is 1. The maximum atomic E-state index is 9.71. The van der Waals surface area contributed by atoms with Crippen molar-refractivity contribution in [3.63, 3.8) is 0 Å². The van der Waals surface area contributed by atoms with Crippen molar-refractivity contribution in [1.29, 1.82) is 0 Å². The molecule has 1 aliphatic heterocycles. The Kier molecular flexibility index (Phi) is 3.21. The molecule has 3 rings (SSSR count). The summed E-state index contributed by atoms with van der Waals surface area (Å²) in [5.41, 5.74) is 1.04. The highest BCUT2D eigenvalue weighted by Crippen LogP contribution is 2.32. The van der Waals surface area contributed by atoms with Crippen LogP contribution in [0, 0.1) is 6.92 Å². The maximum absolute atomic E-state index is 9.71. The Morgan fingerprint density at radius 3 is 2.68 bits per heavy atom. The van der Waals surface area contributed by atoms with Gasteiger partial charge in [0.05, 0.1) is 6.10 Å². The van der Waals surface area contributed by atoms with Crippen molar-refractivity contribution in [3.05, 3.63) is 41.3 Å². The van der Waals surface area contributed by atoms with E-state index < -0.39 is 0 Å². The number of rotatable bonds is 2. The second-order valence-corrected chi connectivity index (χ2v) is 5.19. The van der Waals surface area contributed by atoms with Gasteiger partial charge in [0.25, 0.3) is 0 Å². The number of imidazole rings is 1. The lowest BCUT2D eigenvalue weighted by Crippen LogP contribution is -2.24. The third-order valence-corrected chi connectivity index (χ3v) is 3.71. The molecule has 5 heteroatoms. The van der Waals surface area contributed by atoms with E-state index in [1.807, 2.05) is 41.8 Å². The summed E-state index contributed by atoms with van der Waals surface area (Å²) in [6.45, 7) is 3.35. The average molecular weight is 278 g/mol. The highest BCUT2D eigenvalue weighted by Gasteiger charge is 2.27. The first kappa shape index (κ1) is 12.5. The van der Waals surface area contributed by atoms with Gasteiger partial charge in [-0.25, -0.2) is 4.98 Å². The summed E-state index contributed by atoms with van der Waals surface area (Å²) in [4.78, 5) is 6.46. The third-order valence-electron chi connectivity index (χ3n) is 3.46. The molecule has 1 atom stereocenters. The molecule has 2 heterocycles. The SMILES string of the molecule is Cc1nc(Cl)c(N2CCC(O)C2)n1-c1ccccc1. The molecule has 1 fully saturated rings. The summed E-state index contributed by atoms with van der Waals surface area (Å²) in [7, 11) is 0. The fourth-order valence-corrected chi connectivity index (χ4v) is 2.91. The predicted octanol–water partition coefficient (Wildman–Crippen LogP) is 2.41. The monoisotopic (exact) mass is 277 g/mol. The minimum Gasteiger partial charge on any atom is -0.391 e. The number of β-amino-alcohol motifs (C(OH)–C–C–N with tert-alkyl or cyclic N) is 1. The zero-order valence-electron chi connectivity index (χ0n) is 10.8. The minimum atomic E-state index is -0.282. The number of aliphatic hydroxyl groups is 1. The molecule has 100 valence electrons. The first-order valence-corrected chi connectivity index (χ1v) is 6.78. The zero-order valence-corrected chi connectivity index (χ0v) is 11.5. The second kappa shape index (κ2) is 4.87. The van der Waals surface area contributed by atoms with Gasteiger partial charge in [0.15, 0.2) is 11.0 Å². The van der Waals surface area contributed by atoms with Crippen molar-refractivity contribution in [3.8, 4) is 5.69 Å². The number of aromatic nitrogens is 2. The Hall–Kier alpha value is -1.52. The second-order valence-electron chi connectivity index (χ2n) is 4.83. The Morgan fingerprint density at radius 1 is 1.32 bits per heavy atom. The van der Waals surface area contributed by atoms with E-state index in [-0.39, 0.29) is 6.10 Å². The van der Waals surface area contributed by atoms with Crippen molar-refractivity contribution in [2.24, 2.45) is 0 Å². The average Bonchev–Trinajstić information content (AvgIpc) is 2.94. The normalized spacial score (nSPS) is 19.1. The summed E-state index contributed by atoms with van der Waals surface area (Å²) < 4.78 is 2.04. The molecule has 1 aromatic carbocycles. The first-order valence-electron chi connectivity index (χ1n) is 6.40. The van der Waals surface area contributed by atoms with Crippen LogP contribution in [0.3, 0.4) is 0 Å². The number of anilines is 1. The molecule has 0 amide bonds. The van der Waals surface area contributed by atoms with E-state index in [1.165, 1.54) is 0 Å². The summed E-state index contributed by atoms with van der Waals surface area (Å²) in [5.74, 6) is 1.73. The predicted molar refractivity (Wildman–Crippen MR) is 76.1 cm³/mol. The van der Waals surface area contributed by atoms with Gasteiger partial charge in [-0.05, 0) is 25.5 Å². The molecule has 2 aromatic rings. The molecular formula is C14H16ClN3O. The molecule has 1 aliphatic rings. The van der Waals surface area contributed by atoms with Crippen LogP contribution >= 0.6 is 11.6 Å². The van der Waals surface area contributed by atoms with Crippen LogP contribution in [-0.4, -0.2) is 33.9 Å². The van der Waals surface area contributed by atoms with E-state index in [4.69, 9.17) is 11.6 Å².